The molecule has 0 aromatic heterocycles. The van der Waals surface area contributed by atoms with E-state index in [2.05, 4.69) is 21.2 Å². The number of nitrogens with one attached hydrogen (secondary N) is 1. The number of hydrogen-bond donors (Lipinski definition) is 1. The molecule has 19 heavy (non-hydrogen) atoms. The molecule has 1 aromatic rings. The summed E-state index contributed by atoms with van der Waals surface area (Å²) < 4.78 is 0. The number of alkyl halides is 1. The Labute approximate surface area is 120 Å². The zero-order valence-corrected chi connectivity index (χ0v) is 12.2. The van der Waals surface area contributed by atoms with Crippen molar-refractivity contribution in [2.75, 3.05) is 11.9 Å². The number of Topliss-reactive ketones (excluding diaryl/α,β-unsaturated/α-hetero) is 1. The highest BCUT2D eigenvalue weighted by molar-refractivity contribution is 9.09. The van der Waals surface area contributed by atoms with Crippen molar-refractivity contribution < 1.29 is 9.59 Å². The zero-order valence-electron chi connectivity index (χ0n) is 10.6. The van der Waals surface area contributed by atoms with Crippen LogP contribution in [0.1, 0.15) is 35.2 Å². The van der Waals surface area contributed by atoms with Gasteiger partial charge in [0.2, 0.25) is 0 Å². The van der Waals surface area contributed by atoms with Gasteiger partial charge in [0, 0.05) is 17.4 Å². The fourth-order valence-corrected chi connectivity index (χ4v) is 1.88. The van der Waals surface area contributed by atoms with Crippen molar-refractivity contribution >= 4 is 27.6 Å². The van der Waals surface area contributed by atoms with Crippen LogP contribution < -0.4 is 5.32 Å². The van der Waals surface area contributed by atoms with E-state index >= 15 is 0 Å². The van der Waals surface area contributed by atoms with Crippen molar-refractivity contribution in [2.45, 2.75) is 19.3 Å². The summed E-state index contributed by atoms with van der Waals surface area (Å²) in [6.45, 7) is 1.99. The van der Waals surface area contributed by atoms with Crippen molar-refractivity contribution in [1.29, 1.82) is 5.26 Å². The predicted octanol–water partition coefficient (Wildman–Crippen LogP) is 2.40. The van der Waals surface area contributed by atoms with Crippen LogP contribution in [0.2, 0.25) is 0 Å². The van der Waals surface area contributed by atoms with Crippen LogP contribution in [-0.4, -0.2) is 23.6 Å². The third-order valence-corrected chi connectivity index (χ3v) is 3.20. The first-order valence-corrected chi connectivity index (χ1v) is 7.06. The van der Waals surface area contributed by atoms with Crippen molar-refractivity contribution in [2.24, 2.45) is 0 Å². The van der Waals surface area contributed by atoms with Crippen molar-refractivity contribution in [3.05, 3.63) is 35.4 Å². The molecule has 1 atom stereocenters. The van der Waals surface area contributed by atoms with Gasteiger partial charge >= 0.3 is 0 Å². The Hall–Kier alpha value is -1.67. The highest BCUT2D eigenvalue weighted by Crippen LogP contribution is 2.16. The molecule has 0 fully saturated rings. The maximum absolute atomic E-state index is 11.7. The van der Waals surface area contributed by atoms with Gasteiger partial charge in [-0.3, -0.25) is 9.59 Å². The number of rotatable bonds is 6. The first-order chi connectivity index (χ1) is 9.10. The summed E-state index contributed by atoms with van der Waals surface area (Å²) in [5, 5.41) is 12.5. The van der Waals surface area contributed by atoms with Gasteiger partial charge in [0.05, 0.1) is 6.07 Å². The Balaban J connectivity index is 2.73. The Morgan fingerprint density at radius 1 is 1.37 bits per heavy atom. The van der Waals surface area contributed by atoms with Crippen LogP contribution >= 0.6 is 15.9 Å². The molecule has 1 rings (SSSR count). The molecule has 0 aliphatic carbocycles. The number of carbonyl (C=O) groups excluding carboxylic acids is 2. The molecule has 0 heterocycles. The number of nitriles is 1. The standard InChI is InChI=1S/C14H15BrN2O2/c1-10(18)13(9-16)11-3-5-12(6-4-11)14(19)17-8-2-7-15/h3-6,13H,2,7-8H2,1H3,(H,17,19). The summed E-state index contributed by atoms with van der Waals surface area (Å²) in [4.78, 5) is 23.0. The van der Waals surface area contributed by atoms with Gasteiger partial charge in [-0.05, 0) is 31.0 Å². The molecule has 5 heteroatoms. The smallest absolute Gasteiger partial charge is 0.251 e. The van der Waals surface area contributed by atoms with E-state index in [1.54, 1.807) is 24.3 Å². The van der Waals surface area contributed by atoms with E-state index in [1.165, 1.54) is 6.92 Å². The molecule has 1 aromatic carbocycles. The van der Waals surface area contributed by atoms with E-state index in [-0.39, 0.29) is 11.7 Å². The molecule has 0 spiro atoms. The SMILES string of the molecule is CC(=O)C(C#N)c1ccc(C(=O)NCCCBr)cc1. The zero-order chi connectivity index (χ0) is 14.3. The number of benzene rings is 1. The molecule has 1 N–H and O–H groups in total. The monoisotopic (exact) mass is 322 g/mol. The second-order valence-electron chi connectivity index (χ2n) is 4.09. The molecular formula is C14H15BrN2O2. The molecule has 100 valence electrons. The Bertz CT molecular complexity index is 491. The summed E-state index contributed by atoms with van der Waals surface area (Å²) >= 11 is 3.29. The summed E-state index contributed by atoms with van der Waals surface area (Å²) in [5.41, 5.74) is 1.14. The van der Waals surface area contributed by atoms with Crippen molar-refractivity contribution in [3.63, 3.8) is 0 Å². The lowest BCUT2D eigenvalue weighted by Crippen LogP contribution is -2.24. The molecule has 0 bridgehead atoms. The Kier molecular flexibility index (Phi) is 6.23. The Morgan fingerprint density at radius 2 is 2.00 bits per heavy atom. The van der Waals surface area contributed by atoms with Crippen molar-refractivity contribution in [3.8, 4) is 6.07 Å². The molecule has 0 aliphatic heterocycles. The Morgan fingerprint density at radius 3 is 2.47 bits per heavy atom. The van der Waals surface area contributed by atoms with Gasteiger partial charge < -0.3 is 5.32 Å². The van der Waals surface area contributed by atoms with Crippen molar-refractivity contribution in [1.82, 2.24) is 5.32 Å². The fourth-order valence-electron chi connectivity index (χ4n) is 1.60. The summed E-state index contributed by atoms with van der Waals surface area (Å²) in [6, 6.07) is 8.51. The molecular weight excluding hydrogens is 308 g/mol. The first kappa shape index (κ1) is 15.4. The van der Waals surface area contributed by atoms with E-state index in [4.69, 9.17) is 5.26 Å². The third kappa shape index (κ3) is 4.49. The number of hydrogen-bond acceptors (Lipinski definition) is 3. The van der Waals surface area contributed by atoms with Crippen LogP contribution in [0, 0.1) is 11.3 Å². The van der Waals surface area contributed by atoms with E-state index in [1.807, 2.05) is 6.07 Å². The topological polar surface area (TPSA) is 70.0 Å². The van der Waals surface area contributed by atoms with Crippen LogP contribution in [0.15, 0.2) is 24.3 Å². The molecule has 0 saturated carbocycles. The molecule has 0 saturated heterocycles. The summed E-state index contributed by atoms with van der Waals surface area (Å²) in [6.07, 6.45) is 0.866. The van der Waals surface area contributed by atoms with Crippen LogP contribution in [0.25, 0.3) is 0 Å². The normalized spacial score (nSPS) is 11.4. The number of carbonyl (C=O) groups is 2. The lowest BCUT2D eigenvalue weighted by Gasteiger charge is -2.07. The maximum Gasteiger partial charge on any atom is 0.251 e. The minimum absolute atomic E-state index is 0.149. The highest BCUT2D eigenvalue weighted by atomic mass is 79.9. The summed E-state index contributed by atoms with van der Waals surface area (Å²) in [5.74, 6) is -1.11. The van der Waals surface area contributed by atoms with Gasteiger partial charge in [0.25, 0.3) is 5.91 Å². The van der Waals surface area contributed by atoms with E-state index in [9.17, 15) is 9.59 Å². The third-order valence-electron chi connectivity index (χ3n) is 2.64. The van der Waals surface area contributed by atoms with Gasteiger partial charge in [0.1, 0.15) is 5.92 Å². The van der Waals surface area contributed by atoms with Gasteiger partial charge in [-0.25, -0.2) is 0 Å². The van der Waals surface area contributed by atoms with Crippen LogP contribution in [0.4, 0.5) is 0 Å². The number of amides is 1. The second-order valence-corrected chi connectivity index (χ2v) is 4.89. The van der Waals surface area contributed by atoms with Crippen LogP contribution in [-0.2, 0) is 4.79 Å². The highest BCUT2D eigenvalue weighted by Gasteiger charge is 2.16. The van der Waals surface area contributed by atoms with E-state index < -0.39 is 5.92 Å². The minimum Gasteiger partial charge on any atom is -0.352 e. The quantitative estimate of drug-likeness (QED) is 0.645. The van der Waals surface area contributed by atoms with E-state index in [0.29, 0.717) is 17.7 Å². The first-order valence-electron chi connectivity index (χ1n) is 5.94. The van der Waals surface area contributed by atoms with Crippen LogP contribution in [0.3, 0.4) is 0 Å². The largest absolute Gasteiger partial charge is 0.352 e. The molecule has 1 amide bonds. The minimum atomic E-state index is -0.759. The van der Waals surface area contributed by atoms with Gasteiger partial charge in [-0.15, -0.1) is 0 Å². The van der Waals surface area contributed by atoms with E-state index in [0.717, 1.165) is 11.8 Å². The molecule has 0 aliphatic rings. The number of ketones is 1. The lowest BCUT2D eigenvalue weighted by molar-refractivity contribution is -0.117. The summed E-state index contributed by atoms with van der Waals surface area (Å²) in [7, 11) is 0. The average molecular weight is 323 g/mol. The number of halogens is 1. The van der Waals surface area contributed by atoms with Gasteiger partial charge in [0.15, 0.2) is 5.78 Å². The maximum atomic E-state index is 11.7. The van der Waals surface area contributed by atoms with Gasteiger partial charge in [-0.2, -0.15) is 5.26 Å². The van der Waals surface area contributed by atoms with Gasteiger partial charge in [-0.1, -0.05) is 28.1 Å². The number of nitrogens with zero attached hydrogens (tertiary/aromatic N) is 1. The predicted molar refractivity (Wildman–Crippen MR) is 76.2 cm³/mol. The molecule has 4 nitrogen and oxygen atoms in total. The lowest BCUT2D eigenvalue weighted by atomic mass is 9.96. The fraction of sp³-hybridized carbons (Fsp3) is 0.357. The average Bonchev–Trinajstić information content (AvgIpc) is 2.40. The second kappa shape index (κ2) is 7.70. The molecule has 0 radical (unpaired) electrons. The van der Waals surface area contributed by atoms with Crippen LogP contribution in [0.5, 0.6) is 0 Å². The molecule has 1 unspecified atom stereocenters.